The number of fused-ring (bicyclic) bond motifs is 8. The Hall–Kier alpha value is -5.44. The molecule has 5 aromatic rings. The monoisotopic (exact) mass is 800 g/mol. The molecular weight excluding hydrogens is 741 g/mol. The quantitative estimate of drug-likeness (QED) is 0.159. The van der Waals surface area contributed by atoms with Gasteiger partial charge in [0, 0.05) is 48.3 Å². The smallest absolute Gasteiger partial charge is 0.0892 e. The molecule has 8 heteroatoms. The number of ether oxygens (including phenoxy) is 2. The van der Waals surface area contributed by atoms with Crippen LogP contribution in [0.2, 0.25) is 0 Å². The number of benzene rings is 2. The van der Waals surface area contributed by atoms with Gasteiger partial charge in [-0.15, -0.1) is 0 Å². The van der Waals surface area contributed by atoms with Gasteiger partial charge < -0.3 is 29.2 Å². The van der Waals surface area contributed by atoms with Crippen LogP contribution in [-0.2, 0) is 9.47 Å². The van der Waals surface area contributed by atoms with Gasteiger partial charge >= 0.3 is 0 Å². The highest BCUT2D eigenvalue weighted by atomic mass is 16.5. The van der Waals surface area contributed by atoms with Crippen LogP contribution in [-0.4, -0.2) is 72.5 Å². The highest BCUT2D eigenvalue weighted by Gasteiger charge is 2.24. The first-order chi connectivity index (χ1) is 29.0. The summed E-state index contributed by atoms with van der Waals surface area (Å²) in [7, 11) is 0. The Balaban J connectivity index is 1.43. The Kier molecular flexibility index (Phi) is 11.0. The number of nitrogens with zero attached hydrogens (tertiary/aromatic N) is 4. The lowest BCUT2D eigenvalue weighted by Gasteiger charge is -2.29. The highest BCUT2D eigenvalue weighted by molar-refractivity contribution is 5.98. The average Bonchev–Trinajstić information content (AvgIpc) is 4.09. The molecule has 0 saturated carbocycles. The second kappa shape index (κ2) is 16.5. The van der Waals surface area contributed by atoms with Crippen molar-refractivity contribution in [2.24, 2.45) is 0 Å². The van der Waals surface area contributed by atoms with Crippen LogP contribution in [0.4, 0.5) is 11.4 Å². The van der Waals surface area contributed by atoms with Crippen molar-refractivity contribution < 1.29 is 9.47 Å². The molecule has 2 aromatic carbocycles. The van der Waals surface area contributed by atoms with Crippen LogP contribution in [0.25, 0.3) is 68.6 Å². The van der Waals surface area contributed by atoms with E-state index in [2.05, 4.69) is 160 Å². The Morgan fingerprint density at radius 3 is 1.08 bits per heavy atom. The molecule has 0 atom stereocenters. The molecule has 3 aromatic heterocycles. The van der Waals surface area contributed by atoms with Gasteiger partial charge in [-0.3, -0.25) is 0 Å². The Morgan fingerprint density at radius 2 is 0.750 bits per heavy atom. The molecule has 2 fully saturated rings. The predicted octanol–water partition coefficient (Wildman–Crippen LogP) is 12.2. The minimum absolute atomic E-state index is 0.380. The van der Waals surface area contributed by atoms with Gasteiger partial charge in [-0.1, -0.05) is 91.8 Å². The van der Waals surface area contributed by atoms with Crippen LogP contribution in [0.15, 0.2) is 60.7 Å². The molecule has 0 aliphatic carbocycles. The van der Waals surface area contributed by atoms with Crippen molar-refractivity contribution >= 4 is 57.7 Å². The van der Waals surface area contributed by atoms with Gasteiger partial charge in [0.1, 0.15) is 0 Å². The number of hydrogen-bond donors (Lipinski definition) is 2. The molecule has 9 rings (SSSR count). The summed E-state index contributed by atoms with van der Waals surface area (Å²) in [5.74, 6) is 1.52. The summed E-state index contributed by atoms with van der Waals surface area (Å²) in [6.07, 6.45) is 8.84. The van der Waals surface area contributed by atoms with Crippen molar-refractivity contribution in [1.82, 2.24) is 19.9 Å². The van der Waals surface area contributed by atoms with Gasteiger partial charge in [0.25, 0.3) is 0 Å². The van der Waals surface area contributed by atoms with Gasteiger partial charge in [-0.05, 0) is 106 Å². The molecule has 0 amide bonds. The maximum absolute atomic E-state index is 5.89. The Labute approximate surface area is 355 Å². The number of nitrogens with one attached hydrogen (secondary N) is 2. The van der Waals surface area contributed by atoms with Crippen LogP contribution < -0.4 is 9.80 Å². The zero-order chi connectivity index (χ0) is 41.7. The summed E-state index contributed by atoms with van der Waals surface area (Å²) in [5.41, 5.74) is 19.9. The lowest BCUT2D eigenvalue weighted by Crippen LogP contribution is -2.36. The summed E-state index contributed by atoms with van der Waals surface area (Å²) in [4.78, 5) is 24.0. The molecule has 0 unspecified atom stereocenters. The summed E-state index contributed by atoms with van der Waals surface area (Å²) >= 11 is 0. The first kappa shape index (κ1) is 40.0. The highest BCUT2D eigenvalue weighted by Crippen LogP contribution is 2.40. The number of anilines is 2. The molecular formula is C52H60N6O2. The van der Waals surface area contributed by atoms with Crippen molar-refractivity contribution in [3.8, 4) is 22.3 Å². The van der Waals surface area contributed by atoms with E-state index in [0.29, 0.717) is 50.1 Å². The molecule has 7 heterocycles. The van der Waals surface area contributed by atoms with Gasteiger partial charge in [-0.25, -0.2) is 9.97 Å². The van der Waals surface area contributed by atoms with Crippen LogP contribution in [0.5, 0.6) is 0 Å². The number of H-pyrrole nitrogens is 2. The molecule has 310 valence electrons. The van der Waals surface area contributed by atoms with Crippen molar-refractivity contribution in [2.75, 3.05) is 62.4 Å². The van der Waals surface area contributed by atoms with Crippen LogP contribution in [0.1, 0.15) is 124 Å². The molecule has 8 bridgehead atoms. The molecule has 0 spiro atoms. The lowest BCUT2D eigenvalue weighted by molar-refractivity contribution is 0.122. The van der Waals surface area contributed by atoms with Gasteiger partial charge in [0.15, 0.2) is 0 Å². The fraction of sp³-hybridized carbons (Fsp3) is 0.385. The number of aromatic nitrogens is 4. The van der Waals surface area contributed by atoms with Crippen molar-refractivity contribution in [3.05, 3.63) is 106 Å². The van der Waals surface area contributed by atoms with Crippen LogP contribution >= 0.6 is 0 Å². The van der Waals surface area contributed by atoms with E-state index in [1.165, 1.54) is 33.4 Å². The molecule has 2 saturated heterocycles. The second-order valence-electron chi connectivity index (χ2n) is 18.0. The van der Waals surface area contributed by atoms with E-state index in [-0.39, 0.29) is 0 Å². The fourth-order valence-corrected chi connectivity index (χ4v) is 9.00. The van der Waals surface area contributed by atoms with E-state index in [0.717, 1.165) is 93.5 Å². The van der Waals surface area contributed by atoms with E-state index < -0.39 is 0 Å². The first-order valence-electron chi connectivity index (χ1n) is 22.1. The first-order valence-corrected chi connectivity index (χ1v) is 22.1. The van der Waals surface area contributed by atoms with E-state index in [4.69, 9.17) is 19.4 Å². The Bertz CT molecular complexity index is 2410. The van der Waals surface area contributed by atoms with E-state index in [1.54, 1.807) is 0 Å². The Morgan fingerprint density at radius 1 is 0.433 bits per heavy atom. The summed E-state index contributed by atoms with van der Waals surface area (Å²) in [6.45, 7) is 24.1. The van der Waals surface area contributed by atoms with Crippen molar-refractivity contribution in [3.63, 3.8) is 0 Å². The molecule has 0 radical (unpaired) electrons. The van der Waals surface area contributed by atoms with Gasteiger partial charge in [-0.2, -0.15) is 0 Å². The largest absolute Gasteiger partial charge is 0.378 e. The second-order valence-corrected chi connectivity index (χ2v) is 18.0. The zero-order valence-electron chi connectivity index (χ0n) is 36.7. The number of morpholine rings is 2. The number of hydrogen-bond acceptors (Lipinski definition) is 6. The minimum atomic E-state index is 0.380. The third-order valence-electron chi connectivity index (χ3n) is 12.6. The SMILES string of the molecule is CC(C)c1cc(-c2c3nc(c(N4CCOCC4)c4ccc([nH]4)c(-c4cc(C(C)C)cc(C(C)C)c4)c4nc(c(N5CCOCC5)c5ccc2[nH]5)C=C4)C=C3)cc(C(C)C)c1. The van der Waals surface area contributed by atoms with Crippen LogP contribution in [0.3, 0.4) is 0 Å². The third kappa shape index (κ3) is 7.72. The number of rotatable bonds is 8. The average molecular weight is 801 g/mol. The van der Waals surface area contributed by atoms with E-state index in [1.807, 2.05) is 0 Å². The lowest BCUT2D eigenvalue weighted by atomic mass is 9.90. The zero-order valence-corrected chi connectivity index (χ0v) is 36.7. The minimum Gasteiger partial charge on any atom is -0.378 e. The normalized spacial score (nSPS) is 15.7. The summed E-state index contributed by atoms with van der Waals surface area (Å²) in [6, 6.07) is 23.2. The maximum atomic E-state index is 5.89. The van der Waals surface area contributed by atoms with Gasteiger partial charge in [0.2, 0.25) is 0 Å². The van der Waals surface area contributed by atoms with E-state index >= 15 is 0 Å². The molecule has 60 heavy (non-hydrogen) atoms. The third-order valence-corrected chi connectivity index (χ3v) is 12.6. The van der Waals surface area contributed by atoms with Gasteiger partial charge in [0.05, 0.1) is 71.6 Å². The molecule has 4 aliphatic rings. The molecule has 8 nitrogen and oxygen atoms in total. The van der Waals surface area contributed by atoms with Crippen LogP contribution in [0, 0.1) is 0 Å². The maximum Gasteiger partial charge on any atom is 0.0892 e. The molecule has 2 N–H and O–H groups in total. The fourth-order valence-electron chi connectivity index (χ4n) is 9.00. The molecule has 4 aliphatic heterocycles. The summed E-state index contributed by atoms with van der Waals surface area (Å²) in [5, 5.41) is 0. The standard InChI is InChI=1S/C52H60N6O2/c1-31(2)35-25-36(32(3)4)28-39(27-35)49-41-9-13-45(53-41)51(57-17-21-59-22-18-57)47-15-11-43(55-47)50(40-29-37(33(5)6)26-38(30-40)34(7)8)44-12-16-48(56-44)52(46-14-10-42(49)54-46)58-19-23-60-24-20-58/h9-16,25-34,53,56H,17-24H2,1-8H3. The topological polar surface area (TPSA) is 82.3 Å². The van der Waals surface area contributed by atoms with Crippen molar-refractivity contribution in [2.45, 2.75) is 79.1 Å². The van der Waals surface area contributed by atoms with Crippen molar-refractivity contribution in [1.29, 1.82) is 0 Å². The van der Waals surface area contributed by atoms with E-state index in [9.17, 15) is 0 Å². The number of aromatic amines is 2. The predicted molar refractivity (Wildman–Crippen MR) is 252 cm³/mol. The summed E-state index contributed by atoms with van der Waals surface area (Å²) < 4.78 is 11.8.